The normalized spacial score (nSPS) is 16.6. The SMILES string of the molecule is CCCC(CCC)C(=O)NCC1(c2ccccc2OC)CCOCC1. The van der Waals surface area contributed by atoms with Crippen molar-refractivity contribution in [1.29, 1.82) is 0 Å². The van der Waals surface area contributed by atoms with Crippen molar-refractivity contribution in [3.8, 4) is 5.75 Å². The van der Waals surface area contributed by atoms with E-state index in [0.29, 0.717) is 6.54 Å². The van der Waals surface area contributed by atoms with Gasteiger partial charge >= 0.3 is 0 Å². The Morgan fingerprint density at radius 1 is 1.20 bits per heavy atom. The minimum Gasteiger partial charge on any atom is -0.496 e. The fourth-order valence-electron chi connectivity index (χ4n) is 3.89. The van der Waals surface area contributed by atoms with Crippen LogP contribution < -0.4 is 10.1 Å². The Hall–Kier alpha value is -1.55. The lowest BCUT2D eigenvalue weighted by molar-refractivity contribution is -0.126. The molecular formula is C21H33NO3. The van der Waals surface area contributed by atoms with E-state index in [9.17, 15) is 4.79 Å². The van der Waals surface area contributed by atoms with Crippen LogP contribution in [0.5, 0.6) is 5.75 Å². The van der Waals surface area contributed by atoms with Crippen molar-refractivity contribution in [1.82, 2.24) is 5.32 Å². The van der Waals surface area contributed by atoms with Crippen LogP contribution in [0.2, 0.25) is 0 Å². The molecule has 1 aromatic rings. The lowest BCUT2D eigenvalue weighted by Gasteiger charge is -2.39. The molecule has 0 aliphatic carbocycles. The minimum atomic E-state index is -0.108. The Kier molecular flexibility index (Phi) is 7.76. The molecule has 1 heterocycles. The first-order valence-electron chi connectivity index (χ1n) is 9.65. The zero-order chi connectivity index (χ0) is 18.1. The second kappa shape index (κ2) is 9.81. The van der Waals surface area contributed by atoms with E-state index in [1.54, 1.807) is 7.11 Å². The van der Waals surface area contributed by atoms with Crippen LogP contribution in [0.15, 0.2) is 24.3 Å². The standard InChI is InChI=1S/C21H33NO3/c1-4-8-17(9-5-2)20(23)22-16-21(12-14-25-15-13-21)18-10-6-7-11-19(18)24-3/h6-7,10-11,17H,4-5,8-9,12-16H2,1-3H3,(H,22,23). The van der Waals surface area contributed by atoms with Crippen LogP contribution in [-0.4, -0.2) is 32.8 Å². The number of nitrogens with one attached hydrogen (secondary N) is 1. The Morgan fingerprint density at radius 3 is 2.44 bits per heavy atom. The molecule has 0 atom stereocenters. The predicted molar refractivity (Wildman–Crippen MR) is 101 cm³/mol. The smallest absolute Gasteiger partial charge is 0.223 e. The molecule has 0 bridgehead atoms. The van der Waals surface area contributed by atoms with Crippen LogP contribution in [0.25, 0.3) is 0 Å². The first-order valence-corrected chi connectivity index (χ1v) is 9.65. The molecule has 2 rings (SSSR count). The van der Waals surface area contributed by atoms with Gasteiger partial charge in [0.05, 0.1) is 7.11 Å². The highest BCUT2D eigenvalue weighted by Crippen LogP contribution is 2.39. The lowest BCUT2D eigenvalue weighted by atomic mass is 9.73. The number of carbonyl (C=O) groups excluding carboxylic acids is 1. The maximum absolute atomic E-state index is 12.7. The van der Waals surface area contributed by atoms with Gasteiger partial charge < -0.3 is 14.8 Å². The largest absolute Gasteiger partial charge is 0.496 e. The summed E-state index contributed by atoms with van der Waals surface area (Å²) in [5.74, 6) is 1.23. The number of rotatable bonds is 9. The molecule has 4 heteroatoms. The van der Waals surface area contributed by atoms with Gasteiger partial charge in [0.2, 0.25) is 5.91 Å². The molecule has 1 saturated heterocycles. The molecule has 25 heavy (non-hydrogen) atoms. The molecule has 1 N–H and O–H groups in total. The van der Waals surface area contributed by atoms with Crippen molar-refractivity contribution in [2.45, 2.75) is 57.8 Å². The average molecular weight is 347 g/mol. The fourth-order valence-corrected chi connectivity index (χ4v) is 3.89. The van der Waals surface area contributed by atoms with Gasteiger partial charge in [0.1, 0.15) is 5.75 Å². The van der Waals surface area contributed by atoms with Gasteiger partial charge in [0, 0.05) is 36.7 Å². The molecule has 0 aromatic heterocycles. The Bertz CT molecular complexity index is 532. The van der Waals surface area contributed by atoms with Crippen molar-refractivity contribution in [3.05, 3.63) is 29.8 Å². The lowest BCUT2D eigenvalue weighted by Crippen LogP contribution is -2.46. The summed E-state index contributed by atoms with van der Waals surface area (Å²) in [6.07, 6.45) is 5.82. The average Bonchev–Trinajstić information content (AvgIpc) is 2.66. The predicted octanol–water partition coefficient (Wildman–Crippen LogP) is 4.08. The third kappa shape index (κ3) is 4.97. The number of benzene rings is 1. The molecule has 1 fully saturated rings. The Labute approximate surface area is 152 Å². The number of methoxy groups -OCH3 is 1. The van der Waals surface area contributed by atoms with Gasteiger partial charge in [0.25, 0.3) is 0 Å². The molecule has 0 radical (unpaired) electrons. The molecule has 4 nitrogen and oxygen atoms in total. The number of ether oxygens (including phenoxy) is 2. The number of carbonyl (C=O) groups is 1. The first-order chi connectivity index (χ1) is 12.2. The number of hydrogen-bond donors (Lipinski definition) is 1. The third-order valence-corrected chi connectivity index (χ3v) is 5.37. The quantitative estimate of drug-likeness (QED) is 0.732. The highest BCUT2D eigenvalue weighted by atomic mass is 16.5. The molecule has 1 aliphatic heterocycles. The van der Waals surface area contributed by atoms with E-state index >= 15 is 0 Å². The molecule has 0 unspecified atom stereocenters. The van der Waals surface area contributed by atoms with Crippen molar-refractivity contribution in [2.24, 2.45) is 5.92 Å². The molecular weight excluding hydrogens is 314 g/mol. The summed E-state index contributed by atoms with van der Waals surface area (Å²) in [6.45, 7) is 6.39. The van der Waals surface area contributed by atoms with Crippen LogP contribution in [0, 0.1) is 5.92 Å². The van der Waals surface area contributed by atoms with Crippen molar-refractivity contribution in [3.63, 3.8) is 0 Å². The van der Waals surface area contributed by atoms with Crippen LogP contribution in [0.3, 0.4) is 0 Å². The maximum atomic E-state index is 12.7. The number of hydrogen-bond acceptors (Lipinski definition) is 3. The fraction of sp³-hybridized carbons (Fsp3) is 0.667. The summed E-state index contributed by atoms with van der Waals surface area (Å²) < 4.78 is 11.2. The van der Waals surface area contributed by atoms with E-state index in [0.717, 1.165) is 57.5 Å². The van der Waals surface area contributed by atoms with E-state index in [-0.39, 0.29) is 17.2 Å². The second-order valence-electron chi connectivity index (χ2n) is 7.09. The molecule has 1 aromatic carbocycles. The topological polar surface area (TPSA) is 47.6 Å². The second-order valence-corrected chi connectivity index (χ2v) is 7.09. The highest BCUT2D eigenvalue weighted by Gasteiger charge is 2.37. The van der Waals surface area contributed by atoms with Crippen LogP contribution >= 0.6 is 0 Å². The number of para-hydroxylation sites is 1. The van der Waals surface area contributed by atoms with Gasteiger partial charge in [-0.05, 0) is 31.7 Å². The highest BCUT2D eigenvalue weighted by molar-refractivity contribution is 5.78. The number of amides is 1. The van der Waals surface area contributed by atoms with Crippen molar-refractivity contribution < 1.29 is 14.3 Å². The summed E-state index contributed by atoms with van der Waals surface area (Å²) in [5.41, 5.74) is 1.08. The molecule has 0 spiro atoms. The van der Waals surface area contributed by atoms with E-state index in [1.165, 1.54) is 5.56 Å². The van der Waals surface area contributed by atoms with Gasteiger partial charge in [-0.3, -0.25) is 4.79 Å². The van der Waals surface area contributed by atoms with Crippen molar-refractivity contribution >= 4 is 5.91 Å². The van der Waals surface area contributed by atoms with Gasteiger partial charge in [-0.25, -0.2) is 0 Å². The van der Waals surface area contributed by atoms with E-state index in [1.807, 2.05) is 18.2 Å². The third-order valence-electron chi connectivity index (χ3n) is 5.37. The van der Waals surface area contributed by atoms with Crippen LogP contribution in [0.4, 0.5) is 0 Å². The molecule has 1 aliphatic rings. The molecule has 0 saturated carbocycles. The van der Waals surface area contributed by atoms with E-state index in [2.05, 4.69) is 25.2 Å². The molecule has 1 amide bonds. The van der Waals surface area contributed by atoms with E-state index < -0.39 is 0 Å². The van der Waals surface area contributed by atoms with Gasteiger partial charge in [0.15, 0.2) is 0 Å². The van der Waals surface area contributed by atoms with E-state index in [4.69, 9.17) is 9.47 Å². The summed E-state index contributed by atoms with van der Waals surface area (Å²) in [4.78, 5) is 12.7. The maximum Gasteiger partial charge on any atom is 0.223 e. The van der Waals surface area contributed by atoms with Crippen LogP contribution in [-0.2, 0) is 14.9 Å². The summed E-state index contributed by atoms with van der Waals surface area (Å²) in [7, 11) is 1.71. The van der Waals surface area contributed by atoms with Gasteiger partial charge in [-0.15, -0.1) is 0 Å². The summed E-state index contributed by atoms with van der Waals surface area (Å²) in [5, 5.41) is 3.26. The zero-order valence-electron chi connectivity index (χ0n) is 16.0. The summed E-state index contributed by atoms with van der Waals surface area (Å²) in [6, 6.07) is 8.18. The first kappa shape index (κ1) is 19.8. The van der Waals surface area contributed by atoms with Gasteiger partial charge in [-0.1, -0.05) is 44.9 Å². The van der Waals surface area contributed by atoms with Crippen molar-refractivity contribution in [2.75, 3.05) is 26.9 Å². The van der Waals surface area contributed by atoms with Crippen LogP contribution in [0.1, 0.15) is 57.9 Å². The monoisotopic (exact) mass is 347 g/mol. The Balaban J connectivity index is 2.16. The van der Waals surface area contributed by atoms with Gasteiger partial charge in [-0.2, -0.15) is 0 Å². The molecule has 140 valence electrons. The Morgan fingerprint density at radius 2 is 1.84 bits per heavy atom. The summed E-state index contributed by atoms with van der Waals surface area (Å²) >= 11 is 0. The zero-order valence-corrected chi connectivity index (χ0v) is 16.0. The minimum absolute atomic E-state index is 0.108.